The molecule has 0 spiro atoms. The minimum atomic E-state index is 0.250. The molecule has 14 heavy (non-hydrogen) atoms. The van der Waals surface area contributed by atoms with Gasteiger partial charge in [-0.15, -0.1) is 0 Å². The van der Waals surface area contributed by atoms with Gasteiger partial charge in [0.25, 0.3) is 0 Å². The molecule has 3 heteroatoms. The van der Waals surface area contributed by atoms with E-state index in [0.29, 0.717) is 6.04 Å². The number of hydrogen-bond donors (Lipinski definition) is 2. The van der Waals surface area contributed by atoms with E-state index in [0.717, 1.165) is 18.5 Å². The summed E-state index contributed by atoms with van der Waals surface area (Å²) in [7, 11) is 0. The van der Waals surface area contributed by atoms with Crippen molar-refractivity contribution in [3.05, 3.63) is 18.5 Å². The third-order valence-electron chi connectivity index (χ3n) is 2.83. The van der Waals surface area contributed by atoms with Crippen LogP contribution in [0.1, 0.15) is 25.7 Å². The van der Waals surface area contributed by atoms with Crippen LogP contribution < -0.4 is 5.32 Å². The molecule has 0 unspecified atom stereocenters. The summed E-state index contributed by atoms with van der Waals surface area (Å²) in [4.78, 5) is 3.02. The number of rotatable bonds is 2. The van der Waals surface area contributed by atoms with Crippen molar-refractivity contribution in [3.63, 3.8) is 0 Å². The lowest BCUT2D eigenvalue weighted by atomic mass is 9.86. The zero-order chi connectivity index (χ0) is 9.80. The highest BCUT2D eigenvalue weighted by Crippen LogP contribution is 2.25. The maximum absolute atomic E-state index is 8.85. The Morgan fingerprint density at radius 2 is 2.43 bits per heavy atom. The fraction of sp³-hybridized carbons (Fsp3) is 0.545. The van der Waals surface area contributed by atoms with Gasteiger partial charge >= 0.3 is 0 Å². The van der Waals surface area contributed by atoms with Crippen LogP contribution in [-0.4, -0.2) is 11.0 Å². The maximum atomic E-state index is 8.85. The SMILES string of the molecule is N#C[C@@H]1CCC[C@@H](Nc2cc[nH]c2)C1. The van der Waals surface area contributed by atoms with Crippen molar-refractivity contribution in [2.24, 2.45) is 5.92 Å². The maximum Gasteiger partial charge on any atom is 0.0656 e. The van der Waals surface area contributed by atoms with Crippen molar-refractivity contribution in [2.75, 3.05) is 5.32 Å². The van der Waals surface area contributed by atoms with E-state index in [1.807, 2.05) is 18.5 Å². The minimum absolute atomic E-state index is 0.250. The molecule has 0 aromatic carbocycles. The van der Waals surface area contributed by atoms with Gasteiger partial charge in [-0.25, -0.2) is 0 Å². The van der Waals surface area contributed by atoms with Gasteiger partial charge in [0.2, 0.25) is 0 Å². The Hall–Kier alpha value is -1.43. The predicted molar refractivity (Wildman–Crippen MR) is 55.8 cm³/mol. The Labute approximate surface area is 84.1 Å². The highest BCUT2D eigenvalue weighted by atomic mass is 14.9. The molecule has 1 saturated carbocycles. The first kappa shape index (κ1) is 9.14. The zero-order valence-corrected chi connectivity index (χ0v) is 8.16. The van der Waals surface area contributed by atoms with Crippen LogP contribution in [0, 0.1) is 17.2 Å². The van der Waals surface area contributed by atoms with Crippen molar-refractivity contribution in [3.8, 4) is 6.07 Å². The number of nitrogens with one attached hydrogen (secondary N) is 2. The molecule has 1 aliphatic carbocycles. The van der Waals surface area contributed by atoms with Gasteiger partial charge in [-0.3, -0.25) is 0 Å². The molecule has 2 atom stereocenters. The first-order valence-corrected chi connectivity index (χ1v) is 5.17. The van der Waals surface area contributed by atoms with Gasteiger partial charge in [0, 0.05) is 24.4 Å². The summed E-state index contributed by atoms with van der Waals surface area (Å²) in [6, 6.07) is 4.87. The second kappa shape index (κ2) is 4.19. The lowest BCUT2D eigenvalue weighted by Gasteiger charge is -2.26. The van der Waals surface area contributed by atoms with Crippen molar-refractivity contribution >= 4 is 5.69 Å². The number of hydrogen-bond acceptors (Lipinski definition) is 2. The van der Waals surface area contributed by atoms with Crippen LogP contribution >= 0.6 is 0 Å². The monoisotopic (exact) mass is 189 g/mol. The first-order chi connectivity index (χ1) is 6.88. The number of H-pyrrole nitrogens is 1. The van der Waals surface area contributed by atoms with Crippen LogP contribution in [-0.2, 0) is 0 Å². The number of nitrogens with zero attached hydrogens (tertiary/aromatic N) is 1. The van der Waals surface area contributed by atoms with E-state index in [9.17, 15) is 0 Å². The Balaban J connectivity index is 1.90. The summed E-state index contributed by atoms with van der Waals surface area (Å²) in [6.07, 6.45) is 8.27. The third kappa shape index (κ3) is 2.08. The summed E-state index contributed by atoms with van der Waals surface area (Å²) in [5.74, 6) is 0.250. The van der Waals surface area contributed by atoms with Gasteiger partial charge in [-0.2, -0.15) is 5.26 Å². The molecule has 1 aliphatic rings. The van der Waals surface area contributed by atoms with Gasteiger partial charge in [-0.05, 0) is 25.3 Å². The minimum Gasteiger partial charge on any atom is -0.381 e. The van der Waals surface area contributed by atoms with Crippen LogP contribution in [0.25, 0.3) is 0 Å². The third-order valence-corrected chi connectivity index (χ3v) is 2.83. The van der Waals surface area contributed by atoms with Crippen LogP contribution in [0.3, 0.4) is 0 Å². The molecular formula is C11H15N3. The number of aromatic amines is 1. The van der Waals surface area contributed by atoms with Crippen LogP contribution in [0.4, 0.5) is 5.69 Å². The molecular weight excluding hydrogens is 174 g/mol. The summed E-state index contributed by atoms with van der Waals surface area (Å²) >= 11 is 0. The smallest absolute Gasteiger partial charge is 0.0656 e. The average Bonchev–Trinajstić information content (AvgIpc) is 2.71. The number of nitriles is 1. The van der Waals surface area contributed by atoms with E-state index in [1.54, 1.807) is 0 Å². The molecule has 0 saturated heterocycles. The van der Waals surface area contributed by atoms with E-state index >= 15 is 0 Å². The fourth-order valence-electron chi connectivity index (χ4n) is 2.09. The Morgan fingerprint density at radius 3 is 3.14 bits per heavy atom. The molecule has 0 bridgehead atoms. The first-order valence-electron chi connectivity index (χ1n) is 5.17. The van der Waals surface area contributed by atoms with E-state index in [1.165, 1.54) is 12.8 Å². The van der Waals surface area contributed by atoms with Crippen LogP contribution in [0.2, 0.25) is 0 Å². The molecule has 2 N–H and O–H groups in total. The molecule has 1 aromatic heterocycles. The van der Waals surface area contributed by atoms with E-state index in [-0.39, 0.29) is 5.92 Å². The molecule has 1 aromatic rings. The fourth-order valence-corrected chi connectivity index (χ4v) is 2.09. The van der Waals surface area contributed by atoms with Gasteiger partial charge in [-0.1, -0.05) is 6.42 Å². The van der Waals surface area contributed by atoms with Gasteiger partial charge in [0.1, 0.15) is 0 Å². The average molecular weight is 189 g/mol. The van der Waals surface area contributed by atoms with Gasteiger partial charge < -0.3 is 10.3 Å². The second-order valence-corrected chi connectivity index (χ2v) is 3.93. The van der Waals surface area contributed by atoms with Crippen LogP contribution in [0.15, 0.2) is 18.5 Å². The highest BCUT2D eigenvalue weighted by Gasteiger charge is 2.21. The Kier molecular flexibility index (Phi) is 2.73. The van der Waals surface area contributed by atoms with Gasteiger partial charge in [0.15, 0.2) is 0 Å². The summed E-state index contributed by atoms with van der Waals surface area (Å²) < 4.78 is 0. The normalized spacial score (nSPS) is 26.8. The highest BCUT2D eigenvalue weighted by molar-refractivity contribution is 5.41. The summed E-state index contributed by atoms with van der Waals surface area (Å²) in [5, 5.41) is 12.3. The standard InChI is InChI=1S/C11H15N3/c12-7-9-2-1-3-10(6-9)14-11-4-5-13-8-11/h4-5,8-10,13-14H,1-3,6H2/t9-,10-/m1/s1. The van der Waals surface area contributed by atoms with E-state index < -0.39 is 0 Å². The molecule has 0 amide bonds. The van der Waals surface area contributed by atoms with E-state index in [2.05, 4.69) is 16.4 Å². The summed E-state index contributed by atoms with van der Waals surface area (Å²) in [6.45, 7) is 0. The molecule has 2 rings (SSSR count). The Morgan fingerprint density at radius 1 is 1.50 bits per heavy atom. The summed E-state index contributed by atoms with van der Waals surface area (Å²) in [5.41, 5.74) is 1.13. The molecule has 0 aliphatic heterocycles. The number of anilines is 1. The number of aromatic nitrogens is 1. The Bertz CT molecular complexity index is 310. The van der Waals surface area contributed by atoms with E-state index in [4.69, 9.17) is 5.26 Å². The van der Waals surface area contributed by atoms with Crippen LogP contribution in [0.5, 0.6) is 0 Å². The zero-order valence-electron chi connectivity index (χ0n) is 8.16. The molecule has 0 radical (unpaired) electrons. The van der Waals surface area contributed by atoms with Crippen molar-refractivity contribution < 1.29 is 0 Å². The molecule has 1 heterocycles. The predicted octanol–water partition coefficient (Wildman–Crippen LogP) is 2.51. The van der Waals surface area contributed by atoms with Crippen molar-refractivity contribution in [2.45, 2.75) is 31.7 Å². The molecule has 1 fully saturated rings. The molecule has 74 valence electrons. The lowest BCUT2D eigenvalue weighted by Crippen LogP contribution is -2.26. The van der Waals surface area contributed by atoms with Gasteiger partial charge in [0.05, 0.1) is 11.8 Å². The second-order valence-electron chi connectivity index (χ2n) is 3.93. The largest absolute Gasteiger partial charge is 0.381 e. The quantitative estimate of drug-likeness (QED) is 0.751. The topological polar surface area (TPSA) is 51.6 Å². The van der Waals surface area contributed by atoms with Crippen molar-refractivity contribution in [1.82, 2.24) is 4.98 Å². The molecule has 3 nitrogen and oxygen atoms in total. The van der Waals surface area contributed by atoms with Crippen molar-refractivity contribution in [1.29, 1.82) is 5.26 Å². The lowest BCUT2D eigenvalue weighted by molar-refractivity contribution is 0.395.